The SMILES string of the molecule is Cc1ccc(CC2CCCc3ccccc3C2=O)cc1C. The lowest BCUT2D eigenvalue weighted by Gasteiger charge is -2.14. The Morgan fingerprint density at radius 3 is 2.67 bits per heavy atom. The fraction of sp³-hybridized carbons (Fsp3) is 0.350. The Labute approximate surface area is 127 Å². The van der Waals surface area contributed by atoms with E-state index >= 15 is 0 Å². The molecule has 2 aromatic rings. The van der Waals surface area contributed by atoms with Crippen molar-refractivity contribution in [1.29, 1.82) is 0 Å². The first-order valence-corrected chi connectivity index (χ1v) is 7.83. The molecule has 1 atom stereocenters. The highest BCUT2D eigenvalue weighted by Gasteiger charge is 2.25. The van der Waals surface area contributed by atoms with Crippen molar-refractivity contribution in [3.05, 3.63) is 70.3 Å². The van der Waals surface area contributed by atoms with Gasteiger partial charge in [-0.05, 0) is 61.8 Å². The van der Waals surface area contributed by atoms with E-state index in [0.29, 0.717) is 5.78 Å². The summed E-state index contributed by atoms with van der Waals surface area (Å²) < 4.78 is 0. The predicted molar refractivity (Wildman–Crippen MR) is 86.8 cm³/mol. The first-order chi connectivity index (χ1) is 10.1. The van der Waals surface area contributed by atoms with Crippen LogP contribution in [-0.4, -0.2) is 5.78 Å². The van der Waals surface area contributed by atoms with Gasteiger partial charge in [-0.15, -0.1) is 0 Å². The normalized spacial score (nSPS) is 18.2. The topological polar surface area (TPSA) is 17.1 Å². The maximum absolute atomic E-state index is 12.8. The molecule has 0 spiro atoms. The first kappa shape index (κ1) is 14.1. The van der Waals surface area contributed by atoms with Crippen LogP contribution in [0.25, 0.3) is 0 Å². The van der Waals surface area contributed by atoms with Gasteiger partial charge in [0.1, 0.15) is 0 Å². The van der Waals surface area contributed by atoms with Gasteiger partial charge < -0.3 is 0 Å². The summed E-state index contributed by atoms with van der Waals surface area (Å²) in [5.74, 6) is 0.470. The van der Waals surface area contributed by atoms with Gasteiger partial charge in [0.15, 0.2) is 5.78 Å². The zero-order valence-electron chi connectivity index (χ0n) is 12.9. The van der Waals surface area contributed by atoms with Gasteiger partial charge in [0, 0.05) is 11.5 Å². The highest BCUT2D eigenvalue weighted by molar-refractivity contribution is 5.99. The van der Waals surface area contributed by atoms with E-state index in [0.717, 1.165) is 31.2 Å². The summed E-state index contributed by atoms with van der Waals surface area (Å²) in [5, 5.41) is 0. The van der Waals surface area contributed by atoms with Crippen LogP contribution in [0.4, 0.5) is 0 Å². The number of aryl methyl sites for hydroxylation is 3. The zero-order chi connectivity index (χ0) is 14.8. The van der Waals surface area contributed by atoms with Crippen LogP contribution in [0.1, 0.15) is 45.5 Å². The second kappa shape index (κ2) is 5.85. The van der Waals surface area contributed by atoms with Crippen LogP contribution in [0, 0.1) is 19.8 Å². The molecule has 0 aromatic heterocycles. The highest BCUT2D eigenvalue weighted by atomic mass is 16.1. The third kappa shape index (κ3) is 2.92. The van der Waals surface area contributed by atoms with Gasteiger partial charge >= 0.3 is 0 Å². The monoisotopic (exact) mass is 278 g/mol. The average molecular weight is 278 g/mol. The third-order valence-electron chi connectivity index (χ3n) is 4.71. The number of fused-ring (bicyclic) bond motifs is 1. The van der Waals surface area contributed by atoms with Crippen molar-refractivity contribution in [3.63, 3.8) is 0 Å². The van der Waals surface area contributed by atoms with E-state index in [-0.39, 0.29) is 5.92 Å². The van der Waals surface area contributed by atoms with E-state index in [9.17, 15) is 4.79 Å². The van der Waals surface area contributed by atoms with Crippen LogP contribution in [0.5, 0.6) is 0 Å². The molecular weight excluding hydrogens is 256 g/mol. The van der Waals surface area contributed by atoms with Gasteiger partial charge in [-0.3, -0.25) is 4.79 Å². The van der Waals surface area contributed by atoms with Gasteiger partial charge in [0.05, 0.1) is 0 Å². The molecule has 108 valence electrons. The van der Waals surface area contributed by atoms with Crippen LogP contribution in [0.3, 0.4) is 0 Å². The molecular formula is C20H22O. The number of carbonyl (C=O) groups excluding carboxylic acids is 1. The van der Waals surface area contributed by atoms with Crippen molar-refractivity contribution in [2.75, 3.05) is 0 Å². The Kier molecular flexibility index (Phi) is 3.92. The fourth-order valence-electron chi connectivity index (χ4n) is 3.28. The van der Waals surface area contributed by atoms with E-state index in [1.807, 2.05) is 18.2 Å². The van der Waals surface area contributed by atoms with Crippen molar-refractivity contribution < 1.29 is 4.79 Å². The minimum Gasteiger partial charge on any atom is -0.294 e. The summed E-state index contributed by atoms with van der Waals surface area (Å²) in [7, 11) is 0. The molecule has 1 aliphatic carbocycles. The minimum absolute atomic E-state index is 0.135. The van der Waals surface area contributed by atoms with Crippen molar-refractivity contribution in [3.8, 4) is 0 Å². The Hall–Kier alpha value is -1.89. The average Bonchev–Trinajstić information content (AvgIpc) is 2.64. The van der Waals surface area contributed by atoms with Crippen molar-refractivity contribution in [2.45, 2.75) is 39.5 Å². The van der Waals surface area contributed by atoms with Crippen molar-refractivity contribution in [1.82, 2.24) is 0 Å². The minimum atomic E-state index is 0.135. The molecule has 0 bridgehead atoms. The first-order valence-electron chi connectivity index (χ1n) is 7.83. The van der Waals surface area contributed by atoms with Crippen LogP contribution < -0.4 is 0 Å². The van der Waals surface area contributed by atoms with Gasteiger partial charge in [-0.1, -0.05) is 42.5 Å². The number of hydrogen-bond acceptors (Lipinski definition) is 1. The lowest BCUT2D eigenvalue weighted by molar-refractivity contribution is 0.0915. The Bertz CT molecular complexity index is 669. The van der Waals surface area contributed by atoms with Crippen molar-refractivity contribution >= 4 is 5.78 Å². The lowest BCUT2D eigenvalue weighted by atomic mass is 9.88. The third-order valence-corrected chi connectivity index (χ3v) is 4.71. The van der Waals surface area contributed by atoms with E-state index < -0.39 is 0 Å². The summed E-state index contributed by atoms with van der Waals surface area (Å²) >= 11 is 0. The van der Waals surface area contributed by atoms with Gasteiger partial charge in [0.25, 0.3) is 0 Å². The molecule has 1 aliphatic rings. The molecule has 0 radical (unpaired) electrons. The molecule has 0 saturated heterocycles. The van der Waals surface area contributed by atoms with Crippen LogP contribution in [0.2, 0.25) is 0 Å². The van der Waals surface area contributed by atoms with Gasteiger partial charge in [-0.25, -0.2) is 0 Å². The van der Waals surface area contributed by atoms with Crippen molar-refractivity contribution in [2.24, 2.45) is 5.92 Å². The molecule has 0 heterocycles. The molecule has 0 saturated carbocycles. The second-order valence-corrected chi connectivity index (χ2v) is 6.23. The molecule has 0 amide bonds. The fourth-order valence-corrected chi connectivity index (χ4v) is 3.28. The number of ketones is 1. The molecule has 1 heteroatoms. The summed E-state index contributed by atoms with van der Waals surface area (Å²) in [6.45, 7) is 4.27. The second-order valence-electron chi connectivity index (χ2n) is 6.23. The quantitative estimate of drug-likeness (QED) is 0.729. The Morgan fingerprint density at radius 2 is 1.86 bits per heavy atom. The molecule has 0 fully saturated rings. The van der Waals surface area contributed by atoms with E-state index in [4.69, 9.17) is 0 Å². The number of rotatable bonds is 2. The highest BCUT2D eigenvalue weighted by Crippen LogP contribution is 2.27. The van der Waals surface area contributed by atoms with Crippen LogP contribution in [0.15, 0.2) is 42.5 Å². The molecule has 1 nitrogen and oxygen atoms in total. The summed E-state index contributed by atoms with van der Waals surface area (Å²) in [6, 6.07) is 14.7. The molecule has 1 unspecified atom stereocenters. The maximum Gasteiger partial charge on any atom is 0.166 e. The van der Waals surface area contributed by atoms with E-state index in [2.05, 4.69) is 38.1 Å². The predicted octanol–water partition coefficient (Wildman–Crippen LogP) is 4.68. The zero-order valence-corrected chi connectivity index (χ0v) is 12.9. The smallest absolute Gasteiger partial charge is 0.166 e. The summed E-state index contributed by atoms with van der Waals surface area (Å²) in [6.07, 6.45) is 4.01. The van der Waals surface area contributed by atoms with E-state index in [1.54, 1.807) is 0 Å². The lowest BCUT2D eigenvalue weighted by Crippen LogP contribution is -2.16. The summed E-state index contributed by atoms with van der Waals surface area (Å²) in [4.78, 5) is 12.8. The molecule has 0 N–H and O–H groups in total. The number of benzene rings is 2. The maximum atomic E-state index is 12.8. The largest absolute Gasteiger partial charge is 0.294 e. The van der Waals surface area contributed by atoms with Gasteiger partial charge in [0.2, 0.25) is 0 Å². The standard InChI is InChI=1S/C20H22O/c1-14-10-11-16(12-15(14)2)13-18-8-5-7-17-6-3-4-9-19(17)20(18)21/h3-4,6,9-12,18H,5,7-8,13H2,1-2H3. The number of carbonyl (C=O) groups is 1. The number of Topliss-reactive ketones (excluding diaryl/α,β-unsaturated/α-hetero) is 1. The van der Waals surface area contributed by atoms with Crippen LogP contribution >= 0.6 is 0 Å². The van der Waals surface area contributed by atoms with Crippen LogP contribution in [-0.2, 0) is 12.8 Å². The summed E-state index contributed by atoms with van der Waals surface area (Å²) in [5.41, 5.74) is 6.09. The van der Waals surface area contributed by atoms with Gasteiger partial charge in [-0.2, -0.15) is 0 Å². The molecule has 21 heavy (non-hydrogen) atoms. The Morgan fingerprint density at radius 1 is 1.05 bits per heavy atom. The molecule has 0 aliphatic heterocycles. The van der Waals surface area contributed by atoms with E-state index in [1.165, 1.54) is 22.3 Å². The molecule has 3 rings (SSSR count). The number of hydrogen-bond donors (Lipinski definition) is 0. The molecule has 2 aromatic carbocycles. The Balaban J connectivity index is 1.85.